The predicted molar refractivity (Wildman–Crippen MR) is 88.5 cm³/mol. The van der Waals surface area contributed by atoms with E-state index < -0.39 is 11.7 Å². The molecule has 9 nitrogen and oxygen atoms in total. The molecule has 3 aromatic rings. The molecule has 0 saturated heterocycles. The molecule has 10 heteroatoms. The fraction of sp³-hybridized carbons (Fsp3) is 0.0667. The van der Waals surface area contributed by atoms with E-state index in [0.717, 1.165) is 0 Å². The Balaban J connectivity index is 1.69. The number of nitrogens with zero attached hydrogens (tertiary/aromatic N) is 3. The Labute approximate surface area is 141 Å². The smallest absolute Gasteiger partial charge is 0.269 e. The highest BCUT2D eigenvalue weighted by Gasteiger charge is 2.12. The minimum atomic E-state index is -0.473. The molecule has 0 unspecified atom stereocenters. The SMILES string of the molecule is Cc1cc(Nc2ncnc(NNC(=O)c3ccc(F)cc3)c2N)no1. The standard InChI is InChI=1S/C15H14FN7O2/c1-8-6-11(23-25-8)20-13-12(17)14(19-7-18-13)21-22-15(24)9-2-4-10(16)5-3-9/h2-7H,17H2,1H3,(H,22,24)(H2,18,19,20,21,23). The maximum atomic E-state index is 12.9. The number of aryl methyl sites for hydroxylation is 1. The van der Waals surface area contributed by atoms with E-state index in [1.54, 1.807) is 13.0 Å². The zero-order valence-corrected chi connectivity index (χ0v) is 13.1. The first-order valence-corrected chi connectivity index (χ1v) is 7.15. The number of amides is 1. The summed E-state index contributed by atoms with van der Waals surface area (Å²) >= 11 is 0. The number of nitrogen functional groups attached to an aromatic ring is 1. The van der Waals surface area contributed by atoms with Crippen LogP contribution in [0, 0.1) is 12.7 Å². The van der Waals surface area contributed by atoms with Crippen molar-refractivity contribution in [3.63, 3.8) is 0 Å². The number of halogens is 1. The van der Waals surface area contributed by atoms with E-state index in [-0.39, 0.29) is 17.1 Å². The molecule has 0 saturated carbocycles. The summed E-state index contributed by atoms with van der Waals surface area (Å²) in [6.45, 7) is 1.75. The average Bonchev–Trinajstić information content (AvgIpc) is 3.01. The predicted octanol–water partition coefficient (Wildman–Crippen LogP) is 1.99. The van der Waals surface area contributed by atoms with Crippen LogP contribution in [0.2, 0.25) is 0 Å². The second kappa shape index (κ2) is 6.83. The first-order valence-electron chi connectivity index (χ1n) is 7.15. The highest BCUT2D eigenvalue weighted by Crippen LogP contribution is 2.25. The van der Waals surface area contributed by atoms with Gasteiger partial charge in [0.25, 0.3) is 5.91 Å². The van der Waals surface area contributed by atoms with Gasteiger partial charge in [-0.2, -0.15) is 0 Å². The number of nitrogens with two attached hydrogens (primary N) is 1. The summed E-state index contributed by atoms with van der Waals surface area (Å²) in [5, 5.41) is 6.66. The Morgan fingerprint density at radius 2 is 1.92 bits per heavy atom. The number of carbonyl (C=O) groups is 1. The molecule has 0 spiro atoms. The molecule has 0 atom stereocenters. The molecule has 1 amide bonds. The Morgan fingerprint density at radius 3 is 2.60 bits per heavy atom. The van der Waals surface area contributed by atoms with Crippen LogP contribution in [0.1, 0.15) is 16.1 Å². The second-order valence-electron chi connectivity index (χ2n) is 5.02. The minimum absolute atomic E-state index is 0.169. The topological polar surface area (TPSA) is 131 Å². The lowest BCUT2D eigenvalue weighted by molar-refractivity contribution is 0.0962. The van der Waals surface area contributed by atoms with E-state index in [9.17, 15) is 9.18 Å². The number of benzene rings is 1. The molecule has 3 rings (SSSR count). The Bertz CT molecular complexity index is 895. The molecular weight excluding hydrogens is 329 g/mol. The van der Waals surface area contributed by atoms with Crippen molar-refractivity contribution in [3.8, 4) is 0 Å². The Kier molecular flexibility index (Phi) is 4.42. The number of nitrogens with one attached hydrogen (secondary N) is 3. The van der Waals surface area contributed by atoms with Crippen LogP contribution in [-0.4, -0.2) is 21.0 Å². The average molecular weight is 343 g/mol. The first-order chi connectivity index (χ1) is 12.0. The van der Waals surface area contributed by atoms with Gasteiger partial charge in [0.1, 0.15) is 23.6 Å². The van der Waals surface area contributed by atoms with Crippen LogP contribution in [-0.2, 0) is 0 Å². The molecule has 2 aromatic heterocycles. The first kappa shape index (κ1) is 16.2. The molecule has 25 heavy (non-hydrogen) atoms. The van der Waals surface area contributed by atoms with Crippen molar-refractivity contribution in [2.24, 2.45) is 0 Å². The van der Waals surface area contributed by atoms with Gasteiger partial charge < -0.3 is 15.6 Å². The van der Waals surface area contributed by atoms with Gasteiger partial charge in [0, 0.05) is 11.6 Å². The number of hydrazine groups is 1. The number of hydrogen-bond donors (Lipinski definition) is 4. The number of hydrogen-bond acceptors (Lipinski definition) is 8. The summed E-state index contributed by atoms with van der Waals surface area (Å²) in [5.74, 6) is 0.641. The number of anilines is 4. The molecule has 0 aliphatic carbocycles. The lowest BCUT2D eigenvalue weighted by atomic mass is 10.2. The highest BCUT2D eigenvalue weighted by atomic mass is 19.1. The zero-order valence-electron chi connectivity index (χ0n) is 13.1. The van der Waals surface area contributed by atoms with Gasteiger partial charge >= 0.3 is 0 Å². The molecule has 5 N–H and O–H groups in total. The fourth-order valence-electron chi connectivity index (χ4n) is 1.93. The van der Waals surface area contributed by atoms with Gasteiger partial charge in [-0.1, -0.05) is 5.16 Å². The van der Waals surface area contributed by atoms with Gasteiger partial charge in [-0.25, -0.2) is 14.4 Å². The third-order valence-electron chi connectivity index (χ3n) is 3.16. The van der Waals surface area contributed by atoms with Crippen molar-refractivity contribution in [3.05, 3.63) is 53.8 Å². The molecule has 1 aromatic carbocycles. The molecule has 2 heterocycles. The molecule has 0 aliphatic rings. The maximum Gasteiger partial charge on any atom is 0.269 e. The van der Waals surface area contributed by atoms with Crippen LogP contribution < -0.4 is 21.9 Å². The number of rotatable bonds is 5. The van der Waals surface area contributed by atoms with Crippen LogP contribution in [0.25, 0.3) is 0 Å². The lowest BCUT2D eigenvalue weighted by Crippen LogP contribution is -2.30. The van der Waals surface area contributed by atoms with Crippen molar-refractivity contribution in [2.75, 3.05) is 16.5 Å². The van der Waals surface area contributed by atoms with Crippen LogP contribution in [0.4, 0.5) is 27.5 Å². The zero-order chi connectivity index (χ0) is 17.8. The van der Waals surface area contributed by atoms with Gasteiger partial charge in [0.05, 0.1) is 0 Å². The molecular formula is C15H14FN7O2. The summed E-state index contributed by atoms with van der Waals surface area (Å²) < 4.78 is 17.8. The van der Waals surface area contributed by atoms with E-state index in [0.29, 0.717) is 17.4 Å². The summed E-state index contributed by atoms with van der Waals surface area (Å²) in [6, 6.07) is 6.77. The van der Waals surface area contributed by atoms with Gasteiger partial charge in [-0.05, 0) is 31.2 Å². The van der Waals surface area contributed by atoms with E-state index in [4.69, 9.17) is 10.3 Å². The van der Waals surface area contributed by atoms with E-state index in [2.05, 4.69) is 31.3 Å². The minimum Gasteiger partial charge on any atom is -0.393 e. The Hall–Kier alpha value is -3.69. The van der Waals surface area contributed by atoms with Crippen molar-refractivity contribution in [2.45, 2.75) is 6.92 Å². The van der Waals surface area contributed by atoms with E-state index in [1.165, 1.54) is 30.6 Å². The Morgan fingerprint density at radius 1 is 1.20 bits per heavy atom. The van der Waals surface area contributed by atoms with Gasteiger partial charge in [-0.15, -0.1) is 0 Å². The lowest BCUT2D eigenvalue weighted by Gasteiger charge is -2.12. The molecule has 0 radical (unpaired) electrons. The van der Waals surface area contributed by atoms with Crippen molar-refractivity contribution >= 4 is 29.0 Å². The van der Waals surface area contributed by atoms with E-state index in [1.807, 2.05) is 0 Å². The molecule has 0 aliphatic heterocycles. The normalized spacial score (nSPS) is 10.3. The summed E-state index contributed by atoms with van der Waals surface area (Å²) in [7, 11) is 0. The van der Waals surface area contributed by atoms with Crippen molar-refractivity contribution < 1.29 is 13.7 Å². The van der Waals surface area contributed by atoms with Gasteiger partial charge in [0.2, 0.25) is 0 Å². The fourth-order valence-corrected chi connectivity index (χ4v) is 1.93. The van der Waals surface area contributed by atoms with Crippen LogP contribution in [0.15, 0.2) is 41.2 Å². The summed E-state index contributed by atoms with van der Waals surface area (Å²) in [4.78, 5) is 20.0. The van der Waals surface area contributed by atoms with E-state index >= 15 is 0 Å². The number of carbonyl (C=O) groups excluding carboxylic acids is 1. The summed E-state index contributed by atoms with van der Waals surface area (Å²) in [5.41, 5.74) is 11.4. The third kappa shape index (κ3) is 3.80. The monoisotopic (exact) mass is 343 g/mol. The van der Waals surface area contributed by atoms with Gasteiger partial charge in [-0.3, -0.25) is 15.6 Å². The molecule has 0 bridgehead atoms. The van der Waals surface area contributed by atoms with Crippen molar-refractivity contribution in [1.29, 1.82) is 0 Å². The second-order valence-corrected chi connectivity index (χ2v) is 5.02. The quantitative estimate of drug-likeness (QED) is 0.517. The third-order valence-corrected chi connectivity index (χ3v) is 3.16. The van der Waals surface area contributed by atoms with Crippen molar-refractivity contribution in [1.82, 2.24) is 20.6 Å². The largest absolute Gasteiger partial charge is 0.393 e. The highest BCUT2D eigenvalue weighted by molar-refractivity contribution is 5.95. The summed E-state index contributed by atoms with van der Waals surface area (Å²) in [6.07, 6.45) is 1.26. The molecule has 0 fully saturated rings. The van der Waals surface area contributed by atoms with Crippen LogP contribution in [0.5, 0.6) is 0 Å². The van der Waals surface area contributed by atoms with Gasteiger partial charge in [0.15, 0.2) is 17.5 Å². The number of aromatic nitrogens is 3. The maximum absolute atomic E-state index is 12.9. The van der Waals surface area contributed by atoms with Crippen LogP contribution >= 0.6 is 0 Å². The van der Waals surface area contributed by atoms with Crippen LogP contribution in [0.3, 0.4) is 0 Å². The molecule has 128 valence electrons.